The predicted molar refractivity (Wildman–Crippen MR) is 111 cm³/mol. The molecule has 1 amide bonds. The molecule has 0 atom stereocenters. The number of nitrogens with zero attached hydrogens (tertiary/aromatic N) is 3. The first-order chi connectivity index (χ1) is 14.5. The molecular formula is C21H13ClN4O4. The number of hydrogen-bond donors (Lipinski definition) is 1. The fourth-order valence-electron chi connectivity index (χ4n) is 2.80. The van der Waals surface area contributed by atoms with Crippen LogP contribution in [0.1, 0.15) is 10.4 Å². The summed E-state index contributed by atoms with van der Waals surface area (Å²) in [6, 6.07) is 20.1. The molecule has 4 rings (SSSR count). The van der Waals surface area contributed by atoms with Crippen LogP contribution in [0.5, 0.6) is 0 Å². The smallest absolute Gasteiger partial charge is 0.288 e. The van der Waals surface area contributed by atoms with Crippen LogP contribution in [0, 0.1) is 10.1 Å². The predicted octanol–water partition coefficient (Wildman–Crippen LogP) is 5.22. The lowest BCUT2D eigenvalue weighted by molar-refractivity contribution is -0.384. The molecule has 0 radical (unpaired) electrons. The van der Waals surface area contributed by atoms with Gasteiger partial charge in [-0.05, 0) is 24.3 Å². The second kappa shape index (κ2) is 8.14. The quantitative estimate of drug-likeness (QED) is 0.350. The monoisotopic (exact) mass is 420 g/mol. The third kappa shape index (κ3) is 3.89. The van der Waals surface area contributed by atoms with Crippen LogP contribution in [0.3, 0.4) is 0 Å². The Labute approximate surface area is 175 Å². The van der Waals surface area contributed by atoms with Crippen molar-refractivity contribution in [1.29, 1.82) is 0 Å². The molecule has 1 N–H and O–H groups in total. The van der Waals surface area contributed by atoms with Crippen molar-refractivity contribution >= 4 is 28.9 Å². The Kier molecular flexibility index (Phi) is 5.23. The number of amides is 1. The Morgan fingerprint density at radius 1 is 1.03 bits per heavy atom. The lowest BCUT2D eigenvalue weighted by atomic mass is 10.1. The molecule has 0 aliphatic rings. The van der Waals surface area contributed by atoms with Crippen molar-refractivity contribution < 1.29 is 14.2 Å². The number of rotatable bonds is 5. The van der Waals surface area contributed by atoms with E-state index < -0.39 is 10.8 Å². The minimum atomic E-state index is -0.642. The maximum atomic E-state index is 12.7. The van der Waals surface area contributed by atoms with Crippen LogP contribution in [0.4, 0.5) is 11.4 Å². The van der Waals surface area contributed by atoms with Crippen molar-refractivity contribution in [3.8, 4) is 22.8 Å². The standard InChI is InChI=1S/C21H13ClN4O4/c22-16-11-10-14(12-18(16)26(28)29)20(27)23-17-9-5-4-8-15(17)21-24-19(25-30-21)13-6-2-1-3-7-13/h1-12H,(H,23,27). The van der Waals surface area contributed by atoms with Gasteiger partial charge < -0.3 is 9.84 Å². The van der Waals surface area contributed by atoms with Crippen LogP contribution in [-0.4, -0.2) is 21.0 Å². The molecule has 1 heterocycles. The summed E-state index contributed by atoms with van der Waals surface area (Å²) in [7, 11) is 0. The summed E-state index contributed by atoms with van der Waals surface area (Å²) in [6.07, 6.45) is 0. The highest BCUT2D eigenvalue weighted by Crippen LogP contribution is 2.30. The van der Waals surface area contributed by atoms with Crippen LogP contribution < -0.4 is 5.32 Å². The molecule has 0 spiro atoms. The number of carbonyl (C=O) groups excluding carboxylic acids is 1. The van der Waals surface area contributed by atoms with E-state index >= 15 is 0 Å². The molecule has 1 aromatic heterocycles. The number of nitro groups is 1. The summed E-state index contributed by atoms with van der Waals surface area (Å²) in [5, 5.41) is 17.8. The van der Waals surface area contributed by atoms with E-state index in [9.17, 15) is 14.9 Å². The first-order valence-electron chi connectivity index (χ1n) is 8.77. The average Bonchev–Trinajstić information content (AvgIpc) is 3.25. The molecule has 0 fully saturated rings. The summed E-state index contributed by atoms with van der Waals surface area (Å²) in [4.78, 5) is 27.5. The zero-order chi connectivity index (χ0) is 21.1. The highest BCUT2D eigenvalue weighted by molar-refractivity contribution is 6.32. The number of anilines is 1. The topological polar surface area (TPSA) is 111 Å². The zero-order valence-corrected chi connectivity index (χ0v) is 16.0. The van der Waals surface area contributed by atoms with Crippen molar-refractivity contribution in [3.05, 3.63) is 93.5 Å². The van der Waals surface area contributed by atoms with Gasteiger partial charge in [0.2, 0.25) is 5.82 Å². The first-order valence-corrected chi connectivity index (χ1v) is 9.14. The molecule has 0 saturated carbocycles. The molecule has 3 aromatic carbocycles. The molecule has 30 heavy (non-hydrogen) atoms. The normalized spacial score (nSPS) is 10.6. The van der Waals surface area contributed by atoms with Crippen LogP contribution in [-0.2, 0) is 0 Å². The molecule has 0 aliphatic carbocycles. The van der Waals surface area contributed by atoms with Crippen LogP contribution in [0.25, 0.3) is 22.8 Å². The molecule has 4 aromatic rings. The van der Waals surface area contributed by atoms with Gasteiger partial charge >= 0.3 is 0 Å². The second-order valence-corrected chi connectivity index (χ2v) is 6.62. The number of para-hydroxylation sites is 1. The number of nitrogens with one attached hydrogen (secondary N) is 1. The van der Waals surface area contributed by atoms with Gasteiger partial charge in [-0.15, -0.1) is 0 Å². The number of aromatic nitrogens is 2. The van der Waals surface area contributed by atoms with Crippen LogP contribution in [0.2, 0.25) is 5.02 Å². The number of carbonyl (C=O) groups is 1. The fourth-order valence-corrected chi connectivity index (χ4v) is 2.99. The molecule has 9 heteroatoms. The van der Waals surface area contributed by atoms with Gasteiger partial charge in [0.1, 0.15) is 5.02 Å². The fraction of sp³-hybridized carbons (Fsp3) is 0. The summed E-state index contributed by atoms with van der Waals surface area (Å²) in [5.41, 5.74) is 1.48. The Morgan fingerprint density at radius 2 is 1.77 bits per heavy atom. The maximum Gasteiger partial charge on any atom is 0.288 e. The van der Waals surface area contributed by atoms with Gasteiger partial charge in [0, 0.05) is 17.2 Å². The van der Waals surface area contributed by atoms with E-state index in [1.807, 2.05) is 30.3 Å². The third-order valence-corrected chi connectivity index (χ3v) is 4.59. The van der Waals surface area contributed by atoms with Crippen molar-refractivity contribution in [2.45, 2.75) is 0 Å². The van der Waals surface area contributed by atoms with Gasteiger partial charge in [-0.25, -0.2) is 0 Å². The Hall–Kier alpha value is -4.04. The van der Waals surface area contributed by atoms with Crippen molar-refractivity contribution in [2.75, 3.05) is 5.32 Å². The summed E-state index contributed by atoms with van der Waals surface area (Å²) >= 11 is 5.81. The Balaban J connectivity index is 1.63. The van der Waals surface area contributed by atoms with Gasteiger partial charge in [-0.3, -0.25) is 14.9 Å². The number of halogens is 1. The maximum absolute atomic E-state index is 12.7. The van der Waals surface area contributed by atoms with Gasteiger partial charge in [-0.2, -0.15) is 4.98 Å². The third-order valence-electron chi connectivity index (χ3n) is 4.27. The molecule has 148 valence electrons. The molecule has 0 saturated heterocycles. The summed E-state index contributed by atoms with van der Waals surface area (Å²) in [5.74, 6) is 0.108. The largest absolute Gasteiger partial charge is 0.334 e. The van der Waals surface area contributed by atoms with Gasteiger partial charge in [0.25, 0.3) is 17.5 Å². The summed E-state index contributed by atoms with van der Waals surface area (Å²) in [6.45, 7) is 0. The molecular weight excluding hydrogens is 408 g/mol. The van der Waals surface area contributed by atoms with Crippen LogP contribution >= 0.6 is 11.6 Å². The van der Waals surface area contributed by atoms with E-state index in [0.717, 1.165) is 11.6 Å². The van der Waals surface area contributed by atoms with Gasteiger partial charge in [0.15, 0.2) is 0 Å². The lowest BCUT2D eigenvalue weighted by Gasteiger charge is -2.08. The summed E-state index contributed by atoms with van der Waals surface area (Å²) < 4.78 is 5.38. The second-order valence-electron chi connectivity index (χ2n) is 6.21. The van der Waals surface area contributed by atoms with E-state index in [2.05, 4.69) is 15.5 Å². The first kappa shape index (κ1) is 19.3. The van der Waals surface area contributed by atoms with Gasteiger partial charge in [-0.1, -0.05) is 59.2 Å². The Morgan fingerprint density at radius 3 is 2.53 bits per heavy atom. The van der Waals surface area contributed by atoms with Crippen LogP contribution in [0.15, 0.2) is 77.3 Å². The van der Waals surface area contributed by atoms with E-state index in [1.165, 1.54) is 12.1 Å². The average molecular weight is 421 g/mol. The number of hydrogen-bond acceptors (Lipinski definition) is 6. The molecule has 0 aliphatic heterocycles. The van der Waals surface area contributed by atoms with E-state index in [4.69, 9.17) is 16.1 Å². The van der Waals surface area contributed by atoms with Crippen molar-refractivity contribution in [1.82, 2.24) is 10.1 Å². The SMILES string of the molecule is O=C(Nc1ccccc1-c1nc(-c2ccccc2)no1)c1ccc(Cl)c([N+](=O)[O-])c1. The Bertz CT molecular complexity index is 1240. The molecule has 0 bridgehead atoms. The van der Waals surface area contributed by atoms with Crippen molar-refractivity contribution in [2.24, 2.45) is 0 Å². The van der Waals surface area contributed by atoms with E-state index in [1.54, 1.807) is 24.3 Å². The minimum absolute atomic E-state index is 0.0451. The van der Waals surface area contributed by atoms with Crippen molar-refractivity contribution in [3.63, 3.8) is 0 Å². The highest BCUT2D eigenvalue weighted by Gasteiger charge is 2.19. The van der Waals surface area contributed by atoms with Gasteiger partial charge in [0.05, 0.1) is 16.2 Å². The number of nitro benzene ring substituents is 1. The molecule has 0 unspecified atom stereocenters. The van der Waals surface area contributed by atoms with E-state index in [-0.39, 0.29) is 22.2 Å². The minimum Gasteiger partial charge on any atom is -0.334 e. The van der Waals surface area contributed by atoms with E-state index in [0.29, 0.717) is 17.1 Å². The lowest BCUT2D eigenvalue weighted by Crippen LogP contribution is -2.13. The molecule has 8 nitrogen and oxygen atoms in total. The zero-order valence-electron chi connectivity index (χ0n) is 15.3. The number of benzene rings is 3. The highest BCUT2D eigenvalue weighted by atomic mass is 35.5.